The van der Waals surface area contributed by atoms with Gasteiger partial charge in [-0.25, -0.2) is 4.79 Å². The monoisotopic (exact) mass is 410 g/mol. The largest absolute Gasteiger partial charge is 0.352 e. The lowest BCUT2D eigenvalue weighted by Crippen LogP contribution is -2.46. The highest BCUT2D eigenvalue weighted by atomic mass is 35.5. The van der Waals surface area contributed by atoms with Gasteiger partial charge in [-0.2, -0.15) is 9.78 Å². The van der Waals surface area contributed by atoms with Gasteiger partial charge in [0.15, 0.2) is 0 Å². The highest BCUT2D eigenvalue weighted by Crippen LogP contribution is 2.19. The number of nitrogens with one attached hydrogen (secondary N) is 1. The Hall–Kier alpha value is -3.19. The number of aryl methyl sites for hydroxylation is 1. The molecule has 1 aliphatic carbocycles. The maximum absolute atomic E-state index is 13.1. The van der Waals surface area contributed by atoms with E-state index in [1.807, 2.05) is 31.2 Å². The van der Waals surface area contributed by atoms with Crippen molar-refractivity contribution in [2.75, 3.05) is 0 Å². The van der Waals surface area contributed by atoms with Gasteiger partial charge in [-0.3, -0.25) is 14.2 Å². The Morgan fingerprint density at radius 2 is 1.90 bits per heavy atom. The molecule has 0 atom stereocenters. The SMILES string of the molecule is Cc1ccc(Cn2c(=O)c(C(=O)NC3CC3)nn(-c3cccc(Cl)c3)c2=O)cc1. The second-order valence-electron chi connectivity index (χ2n) is 7.15. The van der Waals surface area contributed by atoms with Crippen LogP contribution in [-0.2, 0) is 6.54 Å². The minimum atomic E-state index is -0.716. The molecule has 0 radical (unpaired) electrons. The molecule has 2 aromatic carbocycles. The Morgan fingerprint density at radius 1 is 1.17 bits per heavy atom. The van der Waals surface area contributed by atoms with Crippen LogP contribution in [-0.4, -0.2) is 26.3 Å². The fraction of sp³-hybridized carbons (Fsp3) is 0.238. The summed E-state index contributed by atoms with van der Waals surface area (Å²) in [5, 5.41) is 7.26. The summed E-state index contributed by atoms with van der Waals surface area (Å²) in [4.78, 5) is 38.6. The molecule has 3 aromatic rings. The van der Waals surface area contributed by atoms with E-state index in [9.17, 15) is 14.4 Å². The molecule has 148 valence electrons. The summed E-state index contributed by atoms with van der Waals surface area (Å²) in [5.41, 5.74) is 0.542. The zero-order chi connectivity index (χ0) is 20.5. The van der Waals surface area contributed by atoms with E-state index in [-0.39, 0.29) is 18.3 Å². The first kappa shape index (κ1) is 19.1. The highest BCUT2D eigenvalue weighted by molar-refractivity contribution is 6.30. The van der Waals surface area contributed by atoms with Gasteiger partial charge >= 0.3 is 5.69 Å². The number of amides is 1. The van der Waals surface area contributed by atoms with Crippen molar-refractivity contribution in [3.63, 3.8) is 0 Å². The second kappa shape index (κ2) is 7.67. The van der Waals surface area contributed by atoms with Gasteiger partial charge < -0.3 is 5.32 Å². The number of hydrogen-bond acceptors (Lipinski definition) is 4. The molecule has 1 saturated carbocycles. The number of aromatic nitrogens is 3. The summed E-state index contributed by atoms with van der Waals surface area (Å²) in [6.45, 7) is 1.99. The van der Waals surface area contributed by atoms with Gasteiger partial charge in [0, 0.05) is 11.1 Å². The molecule has 29 heavy (non-hydrogen) atoms. The fourth-order valence-corrected chi connectivity index (χ4v) is 3.11. The van der Waals surface area contributed by atoms with E-state index in [1.165, 1.54) is 0 Å². The van der Waals surface area contributed by atoms with Crippen molar-refractivity contribution in [2.45, 2.75) is 32.4 Å². The van der Waals surface area contributed by atoms with Crippen molar-refractivity contribution >= 4 is 17.5 Å². The van der Waals surface area contributed by atoms with Crippen molar-refractivity contribution in [2.24, 2.45) is 0 Å². The molecule has 1 aliphatic rings. The molecule has 4 rings (SSSR count). The van der Waals surface area contributed by atoms with Crippen LogP contribution in [0.15, 0.2) is 58.1 Å². The first-order valence-electron chi connectivity index (χ1n) is 9.29. The maximum Gasteiger partial charge on any atom is 0.352 e. The van der Waals surface area contributed by atoms with Crippen LogP contribution in [0.1, 0.15) is 34.5 Å². The van der Waals surface area contributed by atoms with E-state index in [0.717, 1.165) is 33.2 Å². The summed E-state index contributed by atoms with van der Waals surface area (Å²) in [6, 6.07) is 14.1. The summed E-state index contributed by atoms with van der Waals surface area (Å²) in [7, 11) is 0. The first-order chi connectivity index (χ1) is 13.9. The number of halogens is 1. The van der Waals surface area contributed by atoms with Crippen LogP contribution in [0.25, 0.3) is 5.69 Å². The van der Waals surface area contributed by atoms with Crippen LogP contribution in [0.5, 0.6) is 0 Å². The fourth-order valence-electron chi connectivity index (χ4n) is 2.93. The lowest BCUT2D eigenvalue weighted by atomic mass is 10.1. The highest BCUT2D eigenvalue weighted by Gasteiger charge is 2.27. The third-order valence-electron chi connectivity index (χ3n) is 4.70. The predicted molar refractivity (Wildman–Crippen MR) is 110 cm³/mol. The summed E-state index contributed by atoms with van der Waals surface area (Å²) in [5.74, 6) is -0.578. The molecule has 0 bridgehead atoms. The van der Waals surface area contributed by atoms with Crippen molar-refractivity contribution in [3.05, 3.63) is 91.2 Å². The van der Waals surface area contributed by atoms with Crippen molar-refractivity contribution in [1.29, 1.82) is 0 Å². The van der Waals surface area contributed by atoms with Gasteiger partial charge in [0.2, 0.25) is 5.69 Å². The third-order valence-corrected chi connectivity index (χ3v) is 4.94. The van der Waals surface area contributed by atoms with Gasteiger partial charge in [-0.1, -0.05) is 47.5 Å². The van der Waals surface area contributed by atoms with Crippen LogP contribution >= 0.6 is 11.6 Å². The van der Waals surface area contributed by atoms with Crippen molar-refractivity contribution < 1.29 is 4.79 Å². The molecule has 0 aliphatic heterocycles. The van der Waals surface area contributed by atoms with Crippen molar-refractivity contribution in [1.82, 2.24) is 19.7 Å². The van der Waals surface area contributed by atoms with Crippen LogP contribution in [0.4, 0.5) is 0 Å². The molecule has 1 N–H and O–H groups in total. The molecule has 1 amide bonds. The molecule has 1 heterocycles. The van der Waals surface area contributed by atoms with Crippen molar-refractivity contribution in [3.8, 4) is 5.69 Å². The van der Waals surface area contributed by atoms with Crippen LogP contribution in [0.3, 0.4) is 0 Å². The second-order valence-corrected chi connectivity index (χ2v) is 7.58. The zero-order valence-electron chi connectivity index (χ0n) is 15.8. The Labute approximate surface area is 171 Å². The van der Waals surface area contributed by atoms with Gasteiger partial charge in [-0.15, -0.1) is 0 Å². The van der Waals surface area contributed by atoms with E-state index >= 15 is 0 Å². The van der Waals surface area contributed by atoms with Crippen LogP contribution in [0, 0.1) is 6.92 Å². The van der Waals surface area contributed by atoms with E-state index in [1.54, 1.807) is 24.3 Å². The first-order valence-corrected chi connectivity index (χ1v) is 9.67. The Kier molecular flexibility index (Phi) is 5.07. The summed E-state index contributed by atoms with van der Waals surface area (Å²) >= 11 is 6.05. The number of carbonyl (C=O) groups is 1. The molecular weight excluding hydrogens is 392 g/mol. The number of hydrogen-bond donors (Lipinski definition) is 1. The van der Waals surface area contributed by atoms with Crippen LogP contribution in [0.2, 0.25) is 5.02 Å². The minimum absolute atomic E-state index is 0.0325. The van der Waals surface area contributed by atoms with E-state index in [4.69, 9.17) is 11.6 Å². The zero-order valence-corrected chi connectivity index (χ0v) is 16.5. The molecule has 7 nitrogen and oxygen atoms in total. The number of nitrogens with zero attached hydrogens (tertiary/aromatic N) is 3. The summed E-state index contributed by atoms with van der Waals surface area (Å²) < 4.78 is 2.07. The van der Waals surface area contributed by atoms with Gasteiger partial charge in [-0.05, 0) is 43.5 Å². The molecular formula is C21H19ClN4O3. The standard InChI is InChI=1S/C21H19ClN4O3/c1-13-5-7-14(8-6-13)12-25-20(28)18(19(27)23-16-9-10-16)24-26(21(25)29)17-4-2-3-15(22)11-17/h2-8,11,16H,9-10,12H2,1H3,(H,23,27). The van der Waals surface area contributed by atoms with Crippen LogP contribution < -0.4 is 16.6 Å². The number of carbonyl (C=O) groups excluding carboxylic acids is 1. The summed E-state index contributed by atoms with van der Waals surface area (Å²) in [6.07, 6.45) is 1.74. The Bertz CT molecular complexity index is 1190. The topological polar surface area (TPSA) is 86.0 Å². The molecule has 0 saturated heterocycles. The normalized spacial score (nSPS) is 13.3. The lowest BCUT2D eigenvalue weighted by molar-refractivity contribution is 0.0941. The Morgan fingerprint density at radius 3 is 2.55 bits per heavy atom. The molecule has 1 aromatic heterocycles. The number of rotatable bonds is 5. The van der Waals surface area contributed by atoms with E-state index in [0.29, 0.717) is 10.7 Å². The van der Waals surface area contributed by atoms with Gasteiger partial charge in [0.25, 0.3) is 11.5 Å². The molecule has 0 unspecified atom stereocenters. The average Bonchev–Trinajstić information content (AvgIpc) is 3.50. The van der Waals surface area contributed by atoms with E-state index < -0.39 is 17.2 Å². The third kappa shape index (κ3) is 4.14. The quantitative estimate of drug-likeness (QED) is 0.699. The van der Waals surface area contributed by atoms with Gasteiger partial charge in [0.1, 0.15) is 0 Å². The molecule has 0 spiro atoms. The molecule has 1 fully saturated rings. The lowest BCUT2D eigenvalue weighted by Gasteiger charge is -2.12. The smallest absolute Gasteiger partial charge is 0.348 e. The predicted octanol–water partition coefficient (Wildman–Crippen LogP) is 2.30. The Balaban J connectivity index is 1.86. The van der Waals surface area contributed by atoms with Gasteiger partial charge in [0.05, 0.1) is 12.2 Å². The average molecular weight is 411 g/mol. The maximum atomic E-state index is 13.1. The minimum Gasteiger partial charge on any atom is -0.348 e. The number of benzene rings is 2. The molecule has 8 heteroatoms. The van der Waals surface area contributed by atoms with E-state index in [2.05, 4.69) is 10.4 Å².